The highest BCUT2D eigenvalue weighted by Gasteiger charge is 2.29. The lowest BCUT2D eigenvalue weighted by Crippen LogP contribution is -2.48. The molecule has 1 aromatic carbocycles. The van der Waals surface area contributed by atoms with Crippen molar-refractivity contribution in [2.45, 2.75) is 12.8 Å². The maximum Gasteiger partial charge on any atom is 0.338 e. The number of aromatic nitrogens is 2. The Kier molecular flexibility index (Phi) is 5.82. The fourth-order valence-electron chi connectivity index (χ4n) is 2.85. The number of thiophene rings is 1. The largest absolute Gasteiger partial charge is 0.338 e. The number of nitrogens with one attached hydrogen (secondary N) is 2. The molecule has 30 heavy (non-hydrogen) atoms. The van der Waals surface area contributed by atoms with Gasteiger partial charge in [0.25, 0.3) is 11.5 Å². The van der Waals surface area contributed by atoms with E-state index in [0.29, 0.717) is 33.7 Å². The summed E-state index contributed by atoms with van der Waals surface area (Å²) >= 11 is 7.32. The number of carbonyl (C=O) groups excluding carboxylic acids is 2. The van der Waals surface area contributed by atoms with Crippen molar-refractivity contribution in [1.82, 2.24) is 20.0 Å². The van der Waals surface area contributed by atoms with Crippen LogP contribution in [0.15, 0.2) is 59.1 Å². The number of halogens is 1. The van der Waals surface area contributed by atoms with Crippen molar-refractivity contribution in [3.05, 3.63) is 74.6 Å². The summed E-state index contributed by atoms with van der Waals surface area (Å²) in [6.45, 7) is 0.435. The fourth-order valence-corrected chi connectivity index (χ4v) is 3.94. The first-order valence-electron chi connectivity index (χ1n) is 9.27. The Morgan fingerprint density at radius 1 is 1.23 bits per heavy atom. The van der Waals surface area contributed by atoms with E-state index in [1.54, 1.807) is 41.9 Å². The van der Waals surface area contributed by atoms with Gasteiger partial charge in [-0.25, -0.2) is 15.2 Å². The molecule has 2 heterocycles. The quantitative estimate of drug-likeness (QED) is 0.589. The highest BCUT2D eigenvalue weighted by Crippen LogP contribution is 2.31. The number of carbonyl (C=O) groups is 2. The minimum Gasteiger partial charge on any atom is -0.307 e. The summed E-state index contributed by atoms with van der Waals surface area (Å²) < 4.78 is 1.44. The van der Waals surface area contributed by atoms with E-state index >= 15 is 0 Å². The van der Waals surface area contributed by atoms with Crippen LogP contribution in [0.25, 0.3) is 5.69 Å². The van der Waals surface area contributed by atoms with E-state index in [1.165, 1.54) is 33.3 Å². The molecule has 3 amide bonds. The van der Waals surface area contributed by atoms with Gasteiger partial charge in [0.05, 0.1) is 11.2 Å². The molecule has 1 saturated carbocycles. The van der Waals surface area contributed by atoms with Crippen LogP contribution in [0.2, 0.25) is 5.02 Å². The van der Waals surface area contributed by atoms with Gasteiger partial charge in [-0.15, -0.1) is 11.3 Å². The van der Waals surface area contributed by atoms with Gasteiger partial charge in [0.2, 0.25) is 0 Å². The number of amides is 3. The maximum absolute atomic E-state index is 12.8. The molecule has 1 aliphatic rings. The average Bonchev–Trinajstić information content (AvgIpc) is 3.45. The molecule has 0 radical (unpaired) electrons. The summed E-state index contributed by atoms with van der Waals surface area (Å²) in [6, 6.07) is 7.87. The highest BCUT2D eigenvalue weighted by atomic mass is 35.5. The Labute approximate surface area is 181 Å². The van der Waals surface area contributed by atoms with Crippen LogP contribution in [0.1, 0.15) is 22.5 Å². The predicted octanol–water partition coefficient (Wildman–Crippen LogP) is 3.54. The smallest absolute Gasteiger partial charge is 0.307 e. The van der Waals surface area contributed by atoms with Crippen LogP contribution in [0.5, 0.6) is 0 Å². The van der Waals surface area contributed by atoms with Crippen molar-refractivity contribution in [2.24, 2.45) is 5.92 Å². The van der Waals surface area contributed by atoms with Crippen molar-refractivity contribution >= 4 is 40.6 Å². The first kappa shape index (κ1) is 20.1. The molecule has 2 aromatic heterocycles. The van der Waals surface area contributed by atoms with Crippen LogP contribution in [0.3, 0.4) is 0 Å². The number of hydrogen-bond acceptors (Lipinski definition) is 5. The standard InChI is InChI=1S/C20H18ClN5O3S/c21-16-7-10-30-18(16)19(28)26(12-13-1-2-13)24-20(29)23-14-3-5-15(6-4-14)25-9-8-22-11-17(25)27/h3-11,13H,1-2,12H2,(H2,23,24,29). The first-order valence-corrected chi connectivity index (χ1v) is 10.5. The van der Waals surface area contributed by atoms with Crippen LogP contribution >= 0.6 is 22.9 Å². The summed E-state index contributed by atoms with van der Waals surface area (Å²) in [5, 5.41) is 6.12. The molecule has 4 rings (SSSR count). The zero-order chi connectivity index (χ0) is 21.1. The third-order valence-electron chi connectivity index (χ3n) is 4.56. The van der Waals surface area contributed by atoms with E-state index in [0.717, 1.165) is 12.8 Å². The maximum atomic E-state index is 12.8. The second-order valence-corrected chi connectivity index (χ2v) is 8.18. The summed E-state index contributed by atoms with van der Waals surface area (Å²) in [4.78, 5) is 41.3. The van der Waals surface area contributed by atoms with Crippen molar-refractivity contribution in [3.8, 4) is 5.69 Å². The lowest BCUT2D eigenvalue weighted by atomic mass is 10.2. The molecule has 154 valence electrons. The highest BCUT2D eigenvalue weighted by molar-refractivity contribution is 7.12. The minimum atomic E-state index is -0.537. The molecule has 0 bridgehead atoms. The topological polar surface area (TPSA) is 96.3 Å². The van der Waals surface area contributed by atoms with Crippen molar-refractivity contribution < 1.29 is 9.59 Å². The minimum absolute atomic E-state index is 0.252. The average molecular weight is 444 g/mol. The van der Waals surface area contributed by atoms with Crippen LogP contribution in [-0.4, -0.2) is 33.0 Å². The van der Waals surface area contributed by atoms with Gasteiger partial charge in [-0.1, -0.05) is 11.6 Å². The molecule has 1 fully saturated rings. The van der Waals surface area contributed by atoms with Gasteiger partial charge in [0.15, 0.2) is 0 Å². The summed E-state index contributed by atoms with van der Waals surface area (Å²) in [7, 11) is 0. The van der Waals surface area contributed by atoms with Gasteiger partial charge in [0, 0.05) is 30.3 Å². The van der Waals surface area contributed by atoms with Crippen molar-refractivity contribution in [1.29, 1.82) is 0 Å². The molecule has 0 atom stereocenters. The van der Waals surface area contributed by atoms with Crippen LogP contribution in [0, 0.1) is 5.92 Å². The van der Waals surface area contributed by atoms with E-state index in [1.807, 2.05) is 0 Å². The van der Waals surface area contributed by atoms with Crippen LogP contribution in [-0.2, 0) is 0 Å². The number of anilines is 1. The molecule has 0 unspecified atom stereocenters. The van der Waals surface area contributed by atoms with E-state index < -0.39 is 6.03 Å². The molecule has 3 aromatic rings. The summed E-state index contributed by atoms with van der Waals surface area (Å²) in [5.41, 5.74) is 3.54. The third-order valence-corrected chi connectivity index (χ3v) is 5.89. The van der Waals surface area contributed by atoms with Crippen molar-refractivity contribution in [3.63, 3.8) is 0 Å². The first-order chi connectivity index (χ1) is 14.5. The predicted molar refractivity (Wildman–Crippen MR) is 115 cm³/mol. The van der Waals surface area contributed by atoms with E-state index in [4.69, 9.17) is 11.6 Å². The van der Waals surface area contributed by atoms with Gasteiger partial charge in [-0.05, 0) is 54.5 Å². The molecule has 1 aliphatic carbocycles. The van der Waals surface area contributed by atoms with Crippen LogP contribution in [0.4, 0.5) is 10.5 Å². The summed E-state index contributed by atoms with van der Waals surface area (Å²) in [5.74, 6) is 0.0513. The van der Waals surface area contributed by atoms with E-state index in [2.05, 4.69) is 15.7 Å². The molecular formula is C20H18ClN5O3S. The van der Waals surface area contributed by atoms with Gasteiger partial charge < -0.3 is 5.32 Å². The molecule has 2 N–H and O–H groups in total. The number of nitrogens with zero attached hydrogens (tertiary/aromatic N) is 3. The Balaban J connectivity index is 1.43. The number of hydrazine groups is 1. The molecular weight excluding hydrogens is 426 g/mol. The molecule has 0 spiro atoms. The Morgan fingerprint density at radius 3 is 2.63 bits per heavy atom. The molecule has 0 saturated heterocycles. The number of urea groups is 1. The number of benzene rings is 1. The Hall–Kier alpha value is -3.17. The Morgan fingerprint density at radius 2 is 2.00 bits per heavy atom. The van der Waals surface area contributed by atoms with Gasteiger partial charge in [-0.2, -0.15) is 0 Å². The monoisotopic (exact) mass is 443 g/mol. The lowest BCUT2D eigenvalue weighted by molar-refractivity contribution is 0.0683. The van der Waals surface area contributed by atoms with Gasteiger partial charge in [0.1, 0.15) is 4.88 Å². The zero-order valence-corrected chi connectivity index (χ0v) is 17.3. The molecule has 8 nitrogen and oxygen atoms in total. The second kappa shape index (κ2) is 8.68. The molecule has 10 heteroatoms. The fraction of sp³-hybridized carbons (Fsp3) is 0.200. The SMILES string of the molecule is O=C(Nc1ccc(-n2ccncc2=O)cc1)NN(CC1CC1)C(=O)c1sccc1Cl. The normalized spacial score (nSPS) is 13.0. The molecule has 0 aliphatic heterocycles. The van der Waals surface area contributed by atoms with Gasteiger partial charge >= 0.3 is 6.03 Å². The van der Waals surface area contributed by atoms with E-state index in [-0.39, 0.29) is 11.5 Å². The van der Waals surface area contributed by atoms with E-state index in [9.17, 15) is 14.4 Å². The van der Waals surface area contributed by atoms with Gasteiger partial charge in [-0.3, -0.25) is 19.1 Å². The van der Waals surface area contributed by atoms with Crippen molar-refractivity contribution in [2.75, 3.05) is 11.9 Å². The Bertz CT molecular complexity index is 1120. The number of hydrogen-bond donors (Lipinski definition) is 2. The second-order valence-electron chi connectivity index (χ2n) is 6.85. The lowest BCUT2D eigenvalue weighted by Gasteiger charge is -2.23. The third kappa shape index (κ3) is 4.69. The zero-order valence-electron chi connectivity index (χ0n) is 15.7. The van der Waals surface area contributed by atoms with Crippen LogP contribution < -0.4 is 16.3 Å². The summed E-state index contributed by atoms with van der Waals surface area (Å²) in [6.07, 6.45) is 6.37. The number of rotatable bonds is 5.